The van der Waals surface area contributed by atoms with Gasteiger partial charge in [0.2, 0.25) is 0 Å². The largest absolute Gasteiger partial charge is 0.463 e. The molecule has 0 aliphatic carbocycles. The normalized spacial score (nSPS) is 10.9. The zero-order valence-corrected chi connectivity index (χ0v) is 17.0. The second-order valence-corrected chi connectivity index (χ2v) is 7.20. The lowest BCUT2D eigenvalue weighted by atomic mass is 10.2. The van der Waals surface area contributed by atoms with Gasteiger partial charge >= 0.3 is 5.76 Å². The molecule has 0 saturated carbocycles. The molecule has 0 radical (unpaired) electrons. The lowest BCUT2D eigenvalue weighted by Crippen LogP contribution is -2.13. The molecule has 0 aliphatic rings. The van der Waals surface area contributed by atoms with E-state index in [1.165, 1.54) is 0 Å². The number of carbonyl (C=O) groups excluding carboxylic acids is 1. The molecular formula is C22H14ClN5O4. The summed E-state index contributed by atoms with van der Waals surface area (Å²) in [6, 6.07) is 19.1. The number of aromatic amines is 1. The van der Waals surface area contributed by atoms with Gasteiger partial charge in [-0.15, -0.1) is 0 Å². The summed E-state index contributed by atoms with van der Waals surface area (Å²) in [6.07, 6.45) is 1.55. The Morgan fingerprint density at radius 3 is 2.62 bits per heavy atom. The van der Waals surface area contributed by atoms with E-state index in [0.717, 1.165) is 5.69 Å². The van der Waals surface area contributed by atoms with Gasteiger partial charge in [0, 0.05) is 22.3 Å². The highest BCUT2D eigenvalue weighted by molar-refractivity contribution is 6.30. The quantitative estimate of drug-likeness (QED) is 0.412. The number of carbonyl (C=O) groups is 1. The molecule has 2 aromatic carbocycles. The second kappa shape index (κ2) is 8.05. The fourth-order valence-corrected chi connectivity index (χ4v) is 3.29. The van der Waals surface area contributed by atoms with Crippen molar-refractivity contribution >= 4 is 23.2 Å². The summed E-state index contributed by atoms with van der Waals surface area (Å²) in [5.74, 6) is -0.259. The predicted molar refractivity (Wildman–Crippen MR) is 117 cm³/mol. The van der Waals surface area contributed by atoms with Gasteiger partial charge in [-0.3, -0.25) is 14.3 Å². The summed E-state index contributed by atoms with van der Waals surface area (Å²) in [4.78, 5) is 26.6. The highest BCUT2D eigenvalue weighted by Gasteiger charge is 2.19. The van der Waals surface area contributed by atoms with Gasteiger partial charge < -0.3 is 9.73 Å². The maximum Gasteiger partial charge on any atom is 0.439 e. The molecule has 9 nitrogen and oxygen atoms in total. The molecule has 158 valence electrons. The summed E-state index contributed by atoms with van der Waals surface area (Å²) in [7, 11) is 0. The van der Waals surface area contributed by atoms with E-state index in [1.54, 1.807) is 77.7 Å². The second-order valence-electron chi connectivity index (χ2n) is 6.76. The molecule has 0 spiro atoms. The van der Waals surface area contributed by atoms with Crippen molar-refractivity contribution in [1.29, 1.82) is 0 Å². The fraction of sp³-hybridized carbons (Fsp3) is 0. The van der Waals surface area contributed by atoms with Crippen molar-refractivity contribution in [3.05, 3.63) is 94.3 Å². The minimum absolute atomic E-state index is 0.187. The standard InChI is InChI=1S/C22H14ClN5O4/c23-14-6-8-16(9-7-14)28-18(19-5-2-10-31-19)12-17(26-28)21(29)24-15-4-1-3-13(11-15)20-25-22(30)32-27-20/h1-12H,(H,24,29)(H,25,27,30). The Kier molecular flexibility index (Phi) is 4.92. The van der Waals surface area contributed by atoms with E-state index < -0.39 is 11.7 Å². The van der Waals surface area contributed by atoms with Gasteiger partial charge in [-0.05, 0) is 48.5 Å². The van der Waals surface area contributed by atoms with Gasteiger partial charge in [-0.25, -0.2) is 9.48 Å². The van der Waals surface area contributed by atoms with Crippen LogP contribution < -0.4 is 11.1 Å². The third-order valence-corrected chi connectivity index (χ3v) is 4.87. The first-order chi connectivity index (χ1) is 15.6. The molecule has 0 unspecified atom stereocenters. The van der Waals surface area contributed by atoms with Crippen LogP contribution in [-0.4, -0.2) is 25.8 Å². The molecule has 10 heteroatoms. The van der Waals surface area contributed by atoms with Crippen molar-refractivity contribution in [3.8, 4) is 28.5 Å². The average molecular weight is 448 g/mol. The maximum atomic E-state index is 13.0. The predicted octanol–water partition coefficient (Wildman–Crippen LogP) is 4.38. The number of furan rings is 1. The number of anilines is 1. The number of hydrogen-bond acceptors (Lipinski definition) is 6. The van der Waals surface area contributed by atoms with Gasteiger partial charge in [-0.1, -0.05) is 28.9 Å². The summed E-state index contributed by atoms with van der Waals surface area (Å²) in [6.45, 7) is 0. The summed E-state index contributed by atoms with van der Waals surface area (Å²) in [5.41, 5.74) is 2.59. The number of halogens is 1. The van der Waals surface area contributed by atoms with Crippen LogP contribution in [0.1, 0.15) is 10.5 Å². The monoisotopic (exact) mass is 447 g/mol. The van der Waals surface area contributed by atoms with Crippen molar-refractivity contribution in [1.82, 2.24) is 19.9 Å². The van der Waals surface area contributed by atoms with Crippen LogP contribution in [0, 0.1) is 0 Å². The molecule has 5 aromatic rings. The van der Waals surface area contributed by atoms with Crippen molar-refractivity contribution < 1.29 is 13.7 Å². The molecule has 32 heavy (non-hydrogen) atoms. The van der Waals surface area contributed by atoms with E-state index in [9.17, 15) is 9.59 Å². The van der Waals surface area contributed by atoms with Gasteiger partial charge in [0.25, 0.3) is 5.91 Å². The lowest BCUT2D eigenvalue weighted by molar-refractivity contribution is 0.102. The number of nitrogens with one attached hydrogen (secondary N) is 2. The highest BCUT2D eigenvalue weighted by Crippen LogP contribution is 2.26. The van der Waals surface area contributed by atoms with Gasteiger partial charge in [-0.2, -0.15) is 5.10 Å². The van der Waals surface area contributed by atoms with Crippen LogP contribution in [0.2, 0.25) is 5.02 Å². The van der Waals surface area contributed by atoms with Crippen molar-refractivity contribution in [2.24, 2.45) is 0 Å². The number of nitrogens with zero attached hydrogens (tertiary/aromatic N) is 3. The smallest absolute Gasteiger partial charge is 0.439 e. The minimum Gasteiger partial charge on any atom is -0.463 e. The highest BCUT2D eigenvalue weighted by atomic mass is 35.5. The summed E-state index contributed by atoms with van der Waals surface area (Å²) < 4.78 is 11.7. The molecule has 0 atom stereocenters. The van der Waals surface area contributed by atoms with E-state index >= 15 is 0 Å². The van der Waals surface area contributed by atoms with E-state index in [2.05, 4.69) is 25.1 Å². The Balaban J connectivity index is 1.47. The molecule has 3 heterocycles. The molecule has 0 fully saturated rings. The minimum atomic E-state index is -0.660. The number of H-pyrrole nitrogens is 1. The Morgan fingerprint density at radius 1 is 1.06 bits per heavy atom. The van der Waals surface area contributed by atoms with E-state index in [0.29, 0.717) is 27.7 Å². The van der Waals surface area contributed by atoms with Crippen LogP contribution >= 0.6 is 11.6 Å². The van der Waals surface area contributed by atoms with E-state index in [1.807, 2.05) is 0 Å². The molecule has 0 aliphatic heterocycles. The molecule has 5 rings (SSSR count). The van der Waals surface area contributed by atoms with Crippen LogP contribution in [0.4, 0.5) is 5.69 Å². The van der Waals surface area contributed by atoms with Crippen LogP contribution in [0.15, 0.2) is 86.7 Å². The molecular weight excluding hydrogens is 434 g/mol. The van der Waals surface area contributed by atoms with Gasteiger partial charge in [0.15, 0.2) is 17.3 Å². The maximum absolute atomic E-state index is 13.0. The Labute approximate surface area is 185 Å². The van der Waals surface area contributed by atoms with Crippen LogP contribution in [-0.2, 0) is 0 Å². The zero-order valence-electron chi connectivity index (χ0n) is 16.3. The third kappa shape index (κ3) is 3.84. The summed E-state index contributed by atoms with van der Waals surface area (Å²) >= 11 is 6.00. The first-order valence-corrected chi connectivity index (χ1v) is 9.82. The first-order valence-electron chi connectivity index (χ1n) is 9.44. The van der Waals surface area contributed by atoms with Gasteiger partial charge in [0.1, 0.15) is 5.69 Å². The Hall–Kier alpha value is -4.37. The first kappa shape index (κ1) is 19.6. The average Bonchev–Trinajstić information content (AvgIpc) is 3.55. The van der Waals surface area contributed by atoms with Gasteiger partial charge in [0.05, 0.1) is 12.0 Å². The van der Waals surface area contributed by atoms with Crippen LogP contribution in [0.25, 0.3) is 28.5 Å². The van der Waals surface area contributed by atoms with Crippen LogP contribution in [0.5, 0.6) is 0 Å². The third-order valence-electron chi connectivity index (χ3n) is 4.62. The number of aromatic nitrogens is 4. The Morgan fingerprint density at radius 2 is 1.91 bits per heavy atom. The van der Waals surface area contributed by atoms with E-state index in [4.69, 9.17) is 16.0 Å². The summed E-state index contributed by atoms with van der Waals surface area (Å²) in [5, 5.41) is 11.5. The number of rotatable bonds is 5. The van der Waals surface area contributed by atoms with Crippen molar-refractivity contribution in [2.75, 3.05) is 5.32 Å². The van der Waals surface area contributed by atoms with E-state index in [-0.39, 0.29) is 11.5 Å². The molecule has 0 saturated heterocycles. The topological polar surface area (TPSA) is 119 Å². The number of benzene rings is 2. The molecule has 2 N–H and O–H groups in total. The molecule has 0 bridgehead atoms. The Bertz CT molecular complexity index is 1450. The number of amides is 1. The fourth-order valence-electron chi connectivity index (χ4n) is 3.16. The van der Waals surface area contributed by atoms with Crippen molar-refractivity contribution in [2.45, 2.75) is 0 Å². The lowest BCUT2D eigenvalue weighted by Gasteiger charge is -2.06. The number of hydrogen-bond donors (Lipinski definition) is 2. The van der Waals surface area contributed by atoms with Crippen molar-refractivity contribution in [3.63, 3.8) is 0 Å². The molecule has 1 amide bonds. The molecule has 3 aromatic heterocycles. The zero-order chi connectivity index (χ0) is 22.1. The SMILES string of the molecule is O=C(Nc1cccc(-c2noc(=O)[nH]2)c1)c1cc(-c2ccco2)n(-c2ccc(Cl)cc2)n1. The van der Waals surface area contributed by atoms with Crippen LogP contribution in [0.3, 0.4) is 0 Å².